The lowest BCUT2D eigenvalue weighted by molar-refractivity contribution is -0.138. The fourth-order valence-electron chi connectivity index (χ4n) is 2.99. The Kier molecular flexibility index (Phi) is 3.50. The number of nitrogens with zero attached hydrogens (tertiary/aromatic N) is 1. The minimum Gasteiger partial charge on any atom is -0.497 e. The van der Waals surface area contributed by atoms with Crippen molar-refractivity contribution in [3.63, 3.8) is 0 Å². The van der Waals surface area contributed by atoms with Gasteiger partial charge in [0, 0.05) is 29.6 Å². The first-order valence-electron chi connectivity index (χ1n) is 6.63. The Balaban J connectivity index is 2.71. The van der Waals surface area contributed by atoms with Crippen LogP contribution in [0.3, 0.4) is 0 Å². The van der Waals surface area contributed by atoms with E-state index in [1.165, 1.54) is 0 Å². The van der Waals surface area contributed by atoms with Gasteiger partial charge in [-0.2, -0.15) is 0 Å². The minimum atomic E-state index is -0.778. The Morgan fingerprint density at radius 1 is 1.40 bits per heavy atom. The summed E-state index contributed by atoms with van der Waals surface area (Å²) in [6, 6.07) is 5.92. The topological polar surface area (TPSA) is 51.5 Å². The van der Waals surface area contributed by atoms with E-state index >= 15 is 0 Å². The summed E-state index contributed by atoms with van der Waals surface area (Å²) in [6.45, 7) is 5.99. The summed E-state index contributed by atoms with van der Waals surface area (Å²) < 4.78 is 7.36. The third kappa shape index (κ3) is 2.26. The number of fused-ring (bicyclic) bond motifs is 1. The van der Waals surface area contributed by atoms with E-state index in [1.54, 1.807) is 7.11 Å². The second kappa shape index (κ2) is 4.85. The number of aliphatic carboxylic acids is 1. The van der Waals surface area contributed by atoms with E-state index in [-0.39, 0.29) is 6.42 Å². The van der Waals surface area contributed by atoms with Crippen LogP contribution in [-0.2, 0) is 17.3 Å². The highest BCUT2D eigenvalue weighted by molar-refractivity contribution is 5.88. The smallest absolute Gasteiger partial charge is 0.304 e. The molecule has 0 saturated carbocycles. The molecule has 0 radical (unpaired) electrons. The fraction of sp³-hybridized carbons (Fsp3) is 0.438. The molecule has 20 heavy (non-hydrogen) atoms. The molecule has 1 aromatic heterocycles. The first-order chi connectivity index (χ1) is 9.27. The monoisotopic (exact) mass is 275 g/mol. The van der Waals surface area contributed by atoms with Gasteiger partial charge in [0.05, 0.1) is 19.0 Å². The molecular formula is C16H21NO3. The number of hydrogen-bond acceptors (Lipinski definition) is 2. The molecule has 1 aromatic carbocycles. The van der Waals surface area contributed by atoms with Gasteiger partial charge in [0.15, 0.2) is 0 Å². The zero-order valence-electron chi connectivity index (χ0n) is 12.7. The predicted octanol–water partition coefficient (Wildman–Crippen LogP) is 3.25. The van der Waals surface area contributed by atoms with Crippen LogP contribution in [0.25, 0.3) is 10.9 Å². The molecule has 1 heterocycles. The SMILES string of the molecule is COc1ccc2c(C(C)(C)CC(=O)O)c(C)n(C)c2c1. The normalized spacial score (nSPS) is 11.8. The summed E-state index contributed by atoms with van der Waals surface area (Å²) in [5.41, 5.74) is 2.85. The van der Waals surface area contributed by atoms with Crippen molar-refractivity contribution >= 4 is 16.9 Å². The molecule has 108 valence electrons. The molecule has 4 nitrogen and oxygen atoms in total. The third-order valence-corrected chi connectivity index (χ3v) is 3.97. The van der Waals surface area contributed by atoms with E-state index in [0.29, 0.717) is 0 Å². The lowest BCUT2D eigenvalue weighted by Crippen LogP contribution is -2.22. The number of benzene rings is 1. The Bertz CT molecular complexity index is 668. The van der Waals surface area contributed by atoms with Crippen molar-refractivity contribution in [2.75, 3.05) is 7.11 Å². The van der Waals surface area contributed by atoms with Crippen LogP contribution in [0, 0.1) is 6.92 Å². The van der Waals surface area contributed by atoms with E-state index in [1.807, 2.05) is 46.0 Å². The minimum absolute atomic E-state index is 0.110. The van der Waals surface area contributed by atoms with Gasteiger partial charge in [-0.1, -0.05) is 13.8 Å². The summed E-state index contributed by atoms with van der Waals surface area (Å²) in [5.74, 6) is 0.0283. The van der Waals surface area contributed by atoms with Gasteiger partial charge in [-0.15, -0.1) is 0 Å². The van der Waals surface area contributed by atoms with Crippen LogP contribution in [0.1, 0.15) is 31.5 Å². The average molecular weight is 275 g/mol. The van der Waals surface area contributed by atoms with Crippen LogP contribution in [-0.4, -0.2) is 22.8 Å². The highest BCUT2D eigenvalue weighted by Crippen LogP contribution is 2.38. The third-order valence-electron chi connectivity index (χ3n) is 3.97. The highest BCUT2D eigenvalue weighted by atomic mass is 16.5. The zero-order valence-corrected chi connectivity index (χ0v) is 12.7. The van der Waals surface area contributed by atoms with Crippen LogP contribution >= 0.6 is 0 Å². The van der Waals surface area contributed by atoms with E-state index < -0.39 is 11.4 Å². The molecule has 4 heteroatoms. The summed E-state index contributed by atoms with van der Waals surface area (Å²) >= 11 is 0. The number of hydrogen-bond donors (Lipinski definition) is 1. The molecule has 0 atom stereocenters. The van der Waals surface area contributed by atoms with Gasteiger partial charge >= 0.3 is 5.97 Å². The summed E-state index contributed by atoms with van der Waals surface area (Å²) in [4.78, 5) is 11.1. The lowest BCUT2D eigenvalue weighted by Gasteiger charge is -2.23. The van der Waals surface area contributed by atoms with Gasteiger partial charge in [-0.3, -0.25) is 4.79 Å². The largest absolute Gasteiger partial charge is 0.497 e. The number of methoxy groups -OCH3 is 1. The van der Waals surface area contributed by atoms with Crippen LogP contribution in [0.5, 0.6) is 5.75 Å². The first kappa shape index (κ1) is 14.4. The molecule has 0 spiro atoms. The van der Waals surface area contributed by atoms with Gasteiger partial charge in [0.25, 0.3) is 0 Å². The number of rotatable bonds is 4. The highest BCUT2D eigenvalue weighted by Gasteiger charge is 2.30. The van der Waals surface area contributed by atoms with Crippen molar-refractivity contribution in [2.24, 2.45) is 7.05 Å². The molecule has 2 rings (SSSR count). The van der Waals surface area contributed by atoms with Gasteiger partial charge in [-0.05, 0) is 24.6 Å². The predicted molar refractivity (Wildman–Crippen MR) is 79.5 cm³/mol. The molecular weight excluding hydrogens is 254 g/mol. The van der Waals surface area contributed by atoms with E-state index in [2.05, 4.69) is 4.57 Å². The second-order valence-electron chi connectivity index (χ2n) is 5.86. The molecule has 0 unspecified atom stereocenters. The van der Waals surface area contributed by atoms with Crippen LogP contribution in [0.15, 0.2) is 18.2 Å². The van der Waals surface area contributed by atoms with Crippen molar-refractivity contribution in [2.45, 2.75) is 32.6 Å². The Labute approximate surface area is 119 Å². The molecule has 0 fully saturated rings. The molecule has 2 aromatic rings. The number of carboxylic acid groups (broad SMARTS) is 1. The maximum Gasteiger partial charge on any atom is 0.304 e. The van der Waals surface area contributed by atoms with Crippen LogP contribution < -0.4 is 4.74 Å². The molecule has 0 saturated heterocycles. The van der Waals surface area contributed by atoms with Crippen LogP contribution in [0.4, 0.5) is 0 Å². The molecule has 1 N–H and O–H groups in total. The molecule has 0 aliphatic heterocycles. The van der Waals surface area contributed by atoms with Crippen molar-refractivity contribution < 1.29 is 14.6 Å². The van der Waals surface area contributed by atoms with Crippen molar-refractivity contribution in [3.8, 4) is 5.75 Å². The maximum absolute atomic E-state index is 11.1. The van der Waals surface area contributed by atoms with Gasteiger partial charge in [-0.25, -0.2) is 0 Å². The lowest BCUT2D eigenvalue weighted by atomic mass is 9.80. The van der Waals surface area contributed by atoms with E-state index in [9.17, 15) is 4.79 Å². The van der Waals surface area contributed by atoms with E-state index in [4.69, 9.17) is 9.84 Å². The summed E-state index contributed by atoms with van der Waals surface area (Å²) in [7, 11) is 3.64. The standard InChI is InChI=1S/C16H21NO3/c1-10-15(16(2,3)9-14(18)19)12-7-6-11(20-5)8-13(12)17(10)4/h6-8H,9H2,1-5H3,(H,18,19). The van der Waals surface area contributed by atoms with Gasteiger partial charge in [0.2, 0.25) is 0 Å². The van der Waals surface area contributed by atoms with Gasteiger partial charge < -0.3 is 14.4 Å². The number of carbonyl (C=O) groups is 1. The molecule has 0 aliphatic carbocycles. The Morgan fingerprint density at radius 3 is 2.60 bits per heavy atom. The van der Waals surface area contributed by atoms with Crippen molar-refractivity contribution in [3.05, 3.63) is 29.5 Å². The number of ether oxygens (including phenoxy) is 1. The number of carboxylic acids is 1. The average Bonchev–Trinajstić information content (AvgIpc) is 2.60. The fourth-order valence-corrected chi connectivity index (χ4v) is 2.99. The van der Waals surface area contributed by atoms with Crippen molar-refractivity contribution in [1.29, 1.82) is 0 Å². The first-order valence-corrected chi connectivity index (χ1v) is 6.63. The maximum atomic E-state index is 11.1. The Hall–Kier alpha value is -1.97. The van der Waals surface area contributed by atoms with Crippen molar-refractivity contribution in [1.82, 2.24) is 4.57 Å². The van der Waals surface area contributed by atoms with Crippen LogP contribution in [0.2, 0.25) is 0 Å². The Morgan fingerprint density at radius 2 is 2.05 bits per heavy atom. The van der Waals surface area contributed by atoms with Gasteiger partial charge in [0.1, 0.15) is 5.75 Å². The molecule has 0 aliphatic rings. The second-order valence-corrected chi connectivity index (χ2v) is 5.86. The quantitative estimate of drug-likeness (QED) is 0.932. The summed E-state index contributed by atoms with van der Waals surface area (Å²) in [5, 5.41) is 10.2. The zero-order chi connectivity index (χ0) is 15.1. The summed E-state index contributed by atoms with van der Waals surface area (Å²) in [6.07, 6.45) is 0.110. The number of aryl methyl sites for hydroxylation is 1. The van der Waals surface area contributed by atoms with E-state index in [0.717, 1.165) is 27.9 Å². The molecule has 0 amide bonds. The number of aromatic nitrogens is 1. The molecule has 0 bridgehead atoms.